The van der Waals surface area contributed by atoms with Gasteiger partial charge in [-0.05, 0) is 37.2 Å². The first-order valence-corrected chi connectivity index (χ1v) is 8.62. The first kappa shape index (κ1) is 13.3. The Morgan fingerprint density at radius 3 is 2.76 bits per heavy atom. The maximum Gasteiger partial charge on any atom is 0.240 e. The molecule has 1 saturated carbocycles. The van der Waals surface area contributed by atoms with Crippen LogP contribution in [0.15, 0.2) is 6.07 Å². The van der Waals surface area contributed by atoms with E-state index in [9.17, 15) is 0 Å². The van der Waals surface area contributed by atoms with Crippen LogP contribution in [0.5, 0.6) is 0 Å². The second kappa shape index (κ2) is 5.10. The van der Waals surface area contributed by atoms with E-state index in [1.165, 1.54) is 29.5 Å². The molecule has 2 unspecified atom stereocenters. The van der Waals surface area contributed by atoms with Crippen molar-refractivity contribution in [2.75, 3.05) is 23.4 Å². The minimum absolute atomic E-state index is 0.527. The summed E-state index contributed by atoms with van der Waals surface area (Å²) in [7, 11) is 0. The molecule has 21 heavy (non-hydrogen) atoms. The zero-order chi connectivity index (χ0) is 14.4. The highest BCUT2D eigenvalue weighted by Gasteiger charge is 2.37. The molecule has 3 heterocycles. The highest BCUT2D eigenvalue weighted by Crippen LogP contribution is 2.41. The number of nitrogens with two attached hydrogens (primary N) is 1. The molecule has 2 atom stereocenters. The first-order chi connectivity index (χ1) is 10.3. The number of nitrogens with zero attached hydrogens (tertiary/aromatic N) is 3. The average Bonchev–Trinajstić information content (AvgIpc) is 3.18. The minimum Gasteiger partial charge on any atom is -0.355 e. The van der Waals surface area contributed by atoms with Crippen molar-refractivity contribution in [2.45, 2.75) is 32.6 Å². The monoisotopic (exact) mass is 303 g/mol. The van der Waals surface area contributed by atoms with Crippen LogP contribution in [0.4, 0.5) is 11.8 Å². The van der Waals surface area contributed by atoms with Gasteiger partial charge in [-0.15, -0.1) is 11.3 Å². The maximum absolute atomic E-state index is 5.55. The highest BCUT2D eigenvalue weighted by molar-refractivity contribution is 7.18. The molecule has 1 aliphatic carbocycles. The number of aromatic nitrogens is 2. The molecule has 2 aliphatic rings. The number of rotatable bonds is 3. The number of fused-ring (bicyclic) bond motifs is 2. The second-order valence-corrected chi connectivity index (χ2v) is 7.27. The number of thiophene rings is 1. The molecule has 6 heteroatoms. The summed E-state index contributed by atoms with van der Waals surface area (Å²) >= 11 is 1.75. The normalized spacial score (nSPS) is 24.8. The molecular weight excluding hydrogens is 282 g/mol. The van der Waals surface area contributed by atoms with Crippen LogP contribution in [0.2, 0.25) is 0 Å². The van der Waals surface area contributed by atoms with Gasteiger partial charge in [-0.1, -0.05) is 13.3 Å². The number of nitrogens with one attached hydrogen (secondary N) is 1. The van der Waals surface area contributed by atoms with E-state index < -0.39 is 0 Å². The van der Waals surface area contributed by atoms with Crippen LogP contribution in [0, 0.1) is 11.8 Å². The molecule has 1 aliphatic heterocycles. The molecule has 2 fully saturated rings. The Morgan fingerprint density at radius 2 is 2.10 bits per heavy atom. The molecule has 0 amide bonds. The summed E-state index contributed by atoms with van der Waals surface area (Å²) in [4.78, 5) is 14.0. The van der Waals surface area contributed by atoms with Gasteiger partial charge in [0, 0.05) is 18.0 Å². The molecule has 1 saturated heterocycles. The molecule has 2 aromatic heterocycles. The fourth-order valence-corrected chi connectivity index (χ4v) is 4.81. The molecule has 0 spiro atoms. The Bertz CT molecular complexity index is 655. The molecule has 4 rings (SSSR count). The van der Waals surface area contributed by atoms with Crippen LogP contribution in [0.1, 0.15) is 31.1 Å². The number of hydrogen-bond acceptors (Lipinski definition) is 6. The summed E-state index contributed by atoms with van der Waals surface area (Å²) in [5.41, 5.74) is 2.62. The van der Waals surface area contributed by atoms with E-state index in [0.29, 0.717) is 5.95 Å². The van der Waals surface area contributed by atoms with Gasteiger partial charge in [0.05, 0.1) is 5.39 Å². The maximum atomic E-state index is 5.55. The second-order valence-electron chi connectivity index (χ2n) is 6.16. The van der Waals surface area contributed by atoms with Crippen molar-refractivity contribution in [1.82, 2.24) is 9.97 Å². The van der Waals surface area contributed by atoms with Gasteiger partial charge in [0.2, 0.25) is 5.95 Å². The number of hydrazine groups is 1. The van der Waals surface area contributed by atoms with Crippen LogP contribution in [0.3, 0.4) is 0 Å². The number of anilines is 2. The van der Waals surface area contributed by atoms with Crippen molar-refractivity contribution < 1.29 is 0 Å². The summed E-state index contributed by atoms with van der Waals surface area (Å²) in [5.74, 6) is 8.86. The van der Waals surface area contributed by atoms with Crippen LogP contribution in [-0.2, 0) is 6.42 Å². The van der Waals surface area contributed by atoms with E-state index in [-0.39, 0.29) is 0 Å². The molecule has 2 aromatic rings. The third-order valence-electron chi connectivity index (χ3n) is 4.93. The van der Waals surface area contributed by atoms with Gasteiger partial charge in [-0.25, -0.2) is 10.8 Å². The van der Waals surface area contributed by atoms with Gasteiger partial charge < -0.3 is 4.90 Å². The minimum atomic E-state index is 0.527. The average molecular weight is 303 g/mol. The van der Waals surface area contributed by atoms with Gasteiger partial charge in [-0.2, -0.15) is 4.98 Å². The van der Waals surface area contributed by atoms with Gasteiger partial charge >= 0.3 is 0 Å². The number of aryl methyl sites for hydroxylation is 1. The molecular formula is C15H21N5S. The lowest BCUT2D eigenvalue weighted by Crippen LogP contribution is -2.23. The van der Waals surface area contributed by atoms with Crippen molar-refractivity contribution in [3.63, 3.8) is 0 Å². The quantitative estimate of drug-likeness (QED) is 0.674. The van der Waals surface area contributed by atoms with E-state index in [4.69, 9.17) is 5.84 Å². The van der Waals surface area contributed by atoms with Gasteiger partial charge in [0.25, 0.3) is 0 Å². The molecule has 5 nitrogen and oxygen atoms in total. The largest absolute Gasteiger partial charge is 0.355 e. The Kier molecular flexibility index (Phi) is 3.23. The summed E-state index contributed by atoms with van der Waals surface area (Å²) in [6.07, 6.45) is 5.19. The van der Waals surface area contributed by atoms with Crippen molar-refractivity contribution >= 4 is 33.3 Å². The van der Waals surface area contributed by atoms with Gasteiger partial charge in [-0.3, -0.25) is 5.43 Å². The number of hydrogen-bond donors (Lipinski definition) is 2. The zero-order valence-electron chi connectivity index (χ0n) is 12.3. The van der Waals surface area contributed by atoms with Gasteiger partial charge in [0.1, 0.15) is 10.6 Å². The summed E-state index contributed by atoms with van der Waals surface area (Å²) in [6.45, 7) is 4.45. The molecule has 0 aromatic carbocycles. The Balaban J connectivity index is 1.77. The predicted octanol–water partition coefficient (Wildman–Crippen LogP) is 2.78. The molecule has 0 bridgehead atoms. The molecule has 112 valence electrons. The third-order valence-corrected chi connectivity index (χ3v) is 6.10. The van der Waals surface area contributed by atoms with Crippen LogP contribution in [0.25, 0.3) is 10.2 Å². The predicted molar refractivity (Wildman–Crippen MR) is 87.6 cm³/mol. The van der Waals surface area contributed by atoms with Crippen molar-refractivity contribution in [3.05, 3.63) is 10.9 Å². The van der Waals surface area contributed by atoms with E-state index in [0.717, 1.165) is 42.0 Å². The Labute approximate surface area is 128 Å². The topological polar surface area (TPSA) is 67.1 Å². The van der Waals surface area contributed by atoms with E-state index in [1.54, 1.807) is 11.3 Å². The summed E-state index contributed by atoms with van der Waals surface area (Å²) in [6, 6.07) is 2.25. The van der Waals surface area contributed by atoms with Crippen LogP contribution >= 0.6 is 11.3 Å². The molecule has 3 N–H and O–H groups in total. The number of nitrogen functional groups attached to an aromatic ring is 1. The lowest BCUT2D eigenvalue weighted by Gasteiger charge is -2.19. The Morgan fingerprint density at radius 1 is 1.33 bits per heavy atom. The summed E-state index contributed by atoms with van der Waals surface area (Å²) in [5, 5.41) is 1.19. The first-order valence-electron chi connectivity index (χ1n) is 7.80. The summed E-state index contributed by atoms with van der Waals surface area (Å²) < 4.78 is 0. The lowest BCUT2D eigenvalue weighted by molar-refractivity contribution is 0.494. The molecule has 0 radical (unpaired) electrons. The third kappa shape index (κ3) is 2.17. The van der Waals surface area contributed by atoms with Crippen molar-refractivity contribution in [1.29, 1.82) is 0 Å². The van der Waals surface area contributed by atoms with Crippen molar-refractivity contribution in [3.8, 4) is 0 Å². The zero-order valence-corrected chi connectivity index (χ0v) is 13.1. The van der Waals surface area contributed by atoms with E-state index in [2.05, 4.69) is 33.3 Å². The van der Waals surface area contributed by atoms with Crippen LogP contribution in [-0.4, -0.2) is 23.1 Å². The Hall–Kier alpha value is -1.40. The smallest absolute Gasteiger partial charge is 0.240 e. The van der Waals surface area contributed by atoms with Crippen LogP contribution < -0.4 is 16.2 Å². The van der Waals surface area contributed by atoms with E-state index >= 15 is 0 Å². The fourth-order valence-electron chi connectivity index (χ4n) is 3.84. The lowest BCUT2D eigenvalue weighted by atomic mass is 10.0. The van der Waals surface area contributed by atoms with Crippen molar-refractivity contribution in [2.24, 2.45) is 17.7 Å². The standard InChI is InChI=1S/C15H21N5S/c1-2-11-6-12-13(17-15(19-16)18-14(12)21-11)20-7-9-4-3-5-10(9)8-20/h6,9-10H,2-5,7-8,16H2,1H3,(H,17,18,19). The van der Waals surface area contributed by atoms with E-state index in [1.807, 2.05) is 0 Å². The van der Waals surface area contributed by atoms with Gasteiger partial charge in [0.15, 0.2) is 0 Å². The SMILES string of the molecule is CCc1cc2c(N3CC4CCCC4C3)nc(NN)nc2s1. The highest BCUT2D eigenvalue weighted by atomic mass is 32.1. The fraction of sp³-hybridized carbons (Fsp3) is 0.600.